The Bertz CT molecular complexity index is 2470. The third-order valence-electron chi connectivity index (χ3n) is 16.6. The molecule has 0 aliphatic carbocycles. The summed E-state index contributed by atoms with van der Waals surface area (Å²) in [6.45, 7) is 30.9. The van der Waals surface area contributed by atoms with Gasteiger partial charge in [-0.15, -0.1) is 0 Å². The van der Waals surface area contributed by atoms with E-state index >= 15 is 19.2 Å². The number of carbonyl (C=O) groups excluding carboxylic acids is 12. The summed E-state index contributed by atoms with van der Waals surface area (Å²) < 4.78 is 6.08. The van der Waals surface area contributed by atoms with Gasteiger partial charge in [-0.05, 0) is 101 Å². The number of hydrogen-bond acceptors (Lipinski definition) is 13. The maximum Gasteiger partial charge on any atom is 0.305 e. The summed E-state index contributed by atoms with van der Waals surface area (Å²) in [5.74, 6) is -10.6. The third-order valence-corrected chi connectivity index (χ3v) is 16.6. The molecule has 0 aromatic carbocycles. The van der Waals surface area contributed by atoms with E-state index in [9.17, 15) is 38.4 Å². The van der Waals surface area contributed by atoms with E-state index in [1.165, 1.54) is 87.7 Å². The molecular weight excluding hydrogens is 1140 g/mol. The molecule has 12 atom stereocenters. The van der Waals surface area contributed by atoms with E-state index < -0.39 is 162 Å². The third kappa shape index (κ3) is 23.0. The van der Waals surface area contributed by atoms with Crippen LogP contribution in [0.4, 0.5) is 0 Å². The summed E-state index contributed by atoms with van der Waals surface area (Å²) in [4.78, 5) is 184. The molecule has 0 bridgehead atoms. The first-order valence-corrected chi connectivity index (χ1v) is 32.0. The van der Waals surface area contributed by atoms with Crippen molar-refractivity contribution >= 4 is 70.9 Å². The van der Waals surface area contributed by atoms with E-state index in [0.717, 1.165) is 9.80 Å². The maximum atomic E-state index is 15.5. The number of nitrogens with one attached hydrogen (secondary N) is 4. The number of nitrogens with zero attached hydrogens (tertiary/aromatic N) is 7. The Morgan fingerprint density at radius 1 is 0.483 bits per heavy atom. The van der Waals surface area contributed by atoms with Gasteiger partial charge in [0.15, 0.2) is 0 Å². The van der Waals surface area contributed by atoms with E-state index in [4.69, 9.17) is 4.74 Å². The first kappa shape index (κ1) is 80.4. The molecule has 1 aliphatic rings. The molecule has 1 heterocycles. The van der Waals surface area contributed by atoms with Crippen LogP contribution in [0, 0.1) is 41.4 Å². The Balaban J connectivity index is 4.46. The zero-order chi connectivity index (χ0) is 69.0. The van der Waals surface area contributed by atoms with Gasteiger partial charge in [0.1, 0.15) is 66.5 Å². The van der Waals surface area contributed by atoms with Crippen LogP contribution < -0.4 is 21.3 Å². The van der Waals surface area contributed by atoms with Crippen LogP contribution in [0.1, 0.15) is 170 Å². The standard InChI is InChI=1S/C65H115N11O13/c1-26-29-30-42(16)55(89-51(78)28-3)54-59(82)68-45(27-2)61(84)70(19)35-50(77)71(20)46(31-36(4)5)58(81)69-52(40(12)13)64(87)72(21)47(32-37(6)7)57(80)66-43(17)56(79)67-44(18)60(83)73(22)48(33-38(8)9)62(85)74(23)49(34-39(10)11)63(86)75(24)53(41(14)15)65(88)76(54)25/h26,29,36-49,52-55H,27-28,30-35H2,1-25H3,(H,66,80)(H,67,79)(H,68,82)(H,69,81)/b29-26+/t42-,43+,44-,45+,46+,47+,48+,49+,52+,53+,54?,55?/m1/s1. The van der Waals surface area contributed by atoms with E-state index in [1.807, 2.05) is 61.5 Å². The number of esters is 1. The summed E-state index contributed by atoms with van der Waals surface area (Å²) in [7, 11) is 9.91. The lowest BCUT2D eigenvalue weighted by atomic mass is 9.91. The fourth-order valence-electron chi connectivity index (χ4n) is 11.1. The van der Waals surface area contributed by atoms with Crippen LogP contribution in [-0.2, 0) is 62.3 Å². The highest BCUT2D eigenvalue weighted by atomic mass is 16.5. The zero-order valence-electron chi connectivity index (χ0n) is 58.6. The van der Waals surface area contributed by atoms with Gasteiger partial charge in [-0.3, -0.25) is 57.5 Å². The fraction of sp³-hybridized carbons (Fsp3) is 0.785. The molecule has 0 aromatic rings. The highest BCUT2D eigenvalue weighted by Gasteiger charge is 2.47. The Kier molecular flexibility index (Phi) is 33.3. The molecular formula is C65H115N11O13. The second-order valence-corrected chi connectivity index (χ2v) is 26.9. The van der Waals surface area contributed by atoms with Crippen molar-refractivity contribution in [3.8, 4) is 0 Å². The molecule has 2 unspecified atom stereocenters. The highest BCUT2D eigenvalue weighted by Crippen LogP contribution is 2.27. The molecule has 4 N–H and O–H groups in total. The highest BCUT2D eigenvalue weighted by molar-refractivity contribution is 5.99. The molecule has 24 heteroatoms. The summed E-state index contributed by atoms with van der Waals surface area (Å²) >= 11 is 0. The fourth-order valence-corrected chi connectivity index (χ4v) is 11.1. The van der Waals surface area contributed by atoms with E-state index in [1.54, 1.807) is 61.5 Å². The summed E-state index contributed by atoms with van der Waals surface area (Å²) in [6, 6.07) is -12.5. The Morgan fingerprint density at radius 3 is 1.36 bits per heavy atom. The lowest BCUT2D eigenvalue weighted by Crippen LogP contribution is -2.64. The van der Waals surface area contributed by atoms with Crippen molar-refractivity contribution in [2.45, 2.75) is 236 Å². The van der Waals surface area contributed by atoms with Gasteiger partial charge < -0.3 is 60.3 Å². The smallest absolute Gasteiger partial charge is 0.305 e. The lowest BCUT2D eigenvalue weighted by Gasteiger charge is -2.42. The molecule has 0 spiro atoms. The maximum absolute atomic E-state index is 15.5. The Morgan fingerprint density at radius 2 is 0.910 bits per heavy atom. The van der Waals surface area contributed by atoms with Gasteiger partial charge in [0.25, 0.3) is 0 Å². The molecule has 0 saturated carbocycles. The van der Waals surface area contributed by atoms with E-state index in [-0.39, 0.29) is 62.2 Å². The molecule has 0 aromatic heterocycles. The first-order chi connectivity index (χ1) is 41.1. The molecule has 0 radical (unpaired) electrons. The van der Waals surface area contributed by atoms with Gasteiger partial charge in [-0.2, -0.15) is 0 Å². The van der Waals surface area contributed by atoms with Crippen molar-refractivity contribution in [1.82, 2.24) is 55.6 Å². The van der Waals surface area contributed by atoms with Crippen LogP contribution in [0.3, 0.4) is 0 Å². The van der Waals surface area contributed by atoms with Gasteiger partial charge in [0, 0.05) is 55.8 Å². The molecule has 1 rings (SSSR count). The number of carbonyl (C=O) groups is 12. The van der Waals surface area contributed by atoms with Gasteiger partial charge in [-0.25, -0.2) is 0 Å². The van der Waals surface area contributed by atoms with Crippen LogP contribution in [-0.4, -0.2) is 228 Å². The van der Waals surface area contributed by atoms with Gasteiger partial charge in [0.2, 0.25) is 65.0 Å². The average molecular weight is 1260 g/mol. The van der Waals surface area contributed by atoms with Gasteiger partial charge in [-0.1, -0.05) is 116 Å². The number of allylic oxidation sites excluding steroid dienone is 2. The predicted molar refractivity (Wildman–Crippen MR) is 343 cm³/mol. The topological polar surface area (TPSA) is 285 Å². The monoisotopic (exact) mass is 1260 g/mol. The van der Waals surface area contributed by atoms with Crippen LogP contribution in [0.5, 0.6) is 0 Å². The molecule has 1 fully saturated rings. The van der Waals surface area contributed by atoms with Crippen LogP contribution in [0.15, 0.2) is 12.2 Å². The number of likely N-dealkylation sites (N-methyl/N-ethyl adjacent to an activating group) is 7. The molecule has 1 saturated heterocycles. The largest absolute Gasteiger partial charge is 0.459 e. The molecule has 89 heavy (non-hydrogen) atoms. The van der Waals surface area contributed by atoms with E-state index in [0.29, 0.717) is 6.42 Å². The first-order valence-electron chi connectivity index (χ1n) is 32.0. The summed E-state index contributed by atoms with van der Waals surface area (Å²) in [5.41, 5.74) is 0. The van der Waals surface area contributed by atoms with Crippen molar-refractivity contribution in [3.05, 3.63) is 12.2 Å². The zero-order valence-corrected chi connectivity index (χ0v) is 58.6. The molecule has 24 nitrogen and oxygen atoms in total. The number of ether oxygens (including phenoxy) is 1. The molecule has 11 amide bonds. The SMILES string of the molecule is C/C=C/C[C@@H](C)C(OC(=O)CC)C1C(=O)N[C@@H](CC)C(=O)N(C)CC(=O)N(C)[C@@H](CC(C)C)C(=O)N[C@@H](C(C)C)C(=O)N(C)[C@@H](CC(C)C)C(=O)N[C@@H](C)C(=O)N[C@H](C)C(=O)N(C)[C@@H](CC(C)C)C(=O)N(C)[C@@H](CC(C)C)C(=O)N(C)[C@@H](C(C)C)C(=O)N1C. The minimum atomic E-state index is -1.60. The summed E-state index contributed by atoms with van der Waals surface area (Å²) in [5, 5.41) is 11.0. The minimum absolute atomic E-state index is 0.00161. The van der Waals surface area contributed by atoms with Crippen molar-refractivity contribution in [2.24, 2.45) is 41.4 Å². The summed E-state index contributed by atoms with van der Waals surface area (Å²) in [6.07, 6.45) is 3.09. The molecule has 508 valence electrons. The Hall–Kier alpha value is -6.62. The lowest BCUT2D eigenvalue weighted by molar-refractivity contribution is -0.165. The molecule has 1 aliphatic heterocycles. The van der Waals surface area contributed by atoms with Crippen molar-refractivity contribution in [2.75, 3.05) is 55.9 Å². The quantitative estimate of drug-likeness (QED) is 0.117. The average Bonchev–Trinajstić information content (AvgIpc) is 2.57. The second kappa shape index (κ2) is 36.9. The second-order valence-electron chi connectivity index (χ2n) is 26.9. The number of amides is 11. The van der Waals surface area contributed by atoms with Crippen molar-refractivity contribution < 1.29 is 62.3 Å². The normalized spacial score (nSPS) is 26.1. The number of hydrogen-bond donors (Lipinski definition) is 4. The number of rotatable bonds is 17. The predicted octanol–water partition coefficient (Wildman–Crippen LogP) is 4.23. The van der Waals surface area contributed by atoms with Crippen molar-refractivity contribution in [1.29, 1.82) is 0 Å². The Labute approximate surface area is 532 Å². The van der Waals surface area contributed by atoms with Crippen molar-refractivity contribution in [3.63, 3.8) is 0 Å². The van der Waals surface area contributed by atoms with E-state index in [2.05, 4.69) is 21.3 Å². The van der Waals surface area contributed by atoms with Crippen LogP contribution >= 0.6 is 0 Å². The van der Waals surface area contributed by atoms with Crippen LogP contribution in [0.2, 0.25) is 0 Å². The minimum Gasteiger partial charge on any atom is -0.459 e. The van der Waals surface area contributed by atoms with Gasteiger partial charge in [0.05, 0.1) is 6.54 Å². The van der Waals surface area contributed by atoms with Crippen LogP contribution in [0.25, 0.3) is 0 Å². The van der Waals surface area contributed by atoms with Gasteiger partial charge >= 0.3 is 5.97 Å².